The monoisotopic (exact) mass is 396 g/mol. The van der Waals surface area contributed by atoms with E-state index in [1.165, 1.54) is 36.8 Å². The highest BCUT2D eigenvalue weighted by Gasteiger charge is 2.16. The molecule has 0 spiro atoms. The summed E-state index contributed by atoms with van der Waals surface area (Å²) >= 11 is 5.49. The average molecular weight is 397 g/mol. The van der Waals surface area contributed by atoms with Crippen molar-refractivity contribution in [1.82, 2.24) is 5.32 Å². The minimum absolute atomic E-state index is 0.138. The number of benzene rings is 2. The summed E-state index contributed by atoms with van der Waals surface area (Å²) in [6, 6.07) is 16.9. The third kappa shape index (κ3) is 5.71. The summed E-state index contributed by atoms with van der Waals surface area (Å²) in [5.41, 5.74) is 3.69. The largest absolute Gasteiger partial charge is 0.490 e. The number of ether oxygens (including phenoxy) is 1. The molecule has 1 aliphatic rings. The normalized spacial score (nSPS) is 15.9. The molecular formula is C24H32N2OS. The van der Waals surface area contributed by atoms with E-state index in [1.54, 1.807) is 0 Å². The zero-order chi connectivity index (χ0) is 20.1. The van der Waals surface area contributed by atoms with Crippen LogP contribution in [0.3, 0.4) is 0 Å². The van der Waals surface area contributed by atoms with Gasteiger partial charge in [-0.25, -0.2) is 0 Å². The van der Waals surface area contributed by atoms with Gasteiger partial charge in [-0.2, -0.15) is 0 Å². The van der Waals surface area contributed by atoms with Crippen molar-refractivity contribution >= 4 is 23.0 Å². The van der Waals surface area contributed by atoms with Crippen molar-refractivity contribution in [2.75, 3.05) is 5.32 Å². The fourth-order valence-electron chi connectivity index (χ4n) is 3.53. The number of rotatable bonds is 5. The Hall–Kier alpha value is -2.07. The van der Waals surface area contributed by atoms with Crippen LogP contribution in [0.1, 0.15) is 70.5 Å². The van der Waals surface area contributed by atoms with E-state index in [0.29, 0.717) is 11.2 Å². The van der Waals surface area contributed by atoms with Gasteiger partial charge in [0.25, 0.3) is 0 Å². The molecule has 0 aliphatic heterocycles. The Morgan fingerprint density at radius 1 is 1.00 bits per heavy atom. The fraction of sp³-hybridized carbons (Fsp3) is 0.458. The van der Waals surface area contributed by atoms with Crippen LogP contribution in [-0.4, -0.2) is 11.2 Å². The van der Waals surface area contributed by atoms with E-state index < -0.39 is 0 Å². The molecule has 1 unspecified atom stereocenters. The van der Waals surface area contributed by atoms with Gasteiger partial charge in [0.05, 0.1) is 12.1 Å². The molecule has 150 valence electrons. The standard InChI is InChI=1S/C24H32N2OS/c1-17(18-9-11-19(12-10-18)24(2,3)4)25-23(28)26-20-13-15-22(16-14-20)27-21-7-5-6-8-21/h9-17,21H,5-8H2,1-4H3,(H2,25,26,28). The van der Waals surface area contributed by atoms with E-state index in [0.717, 1.165) is 11.4 Å². The average Bonchev–Trinajstić information content (AvgIpc) is 3.16. The maximum atomic E-state index is 6.01. The molecule has 2 N–H and O–H groups in total. The van der Waals surface area contributed by atoms with Crippen molar-refractivity contribution < 1.29 is 4.74 Å². The highest BCUT2D eigenvalue weighted by Crippen LogP contribution is 2.26. The Kier molecular flexibility index (Phi) is 6.61. The van der Waals surface area contributed by atoms with Crippen molar-refractivity contribution in [2.24, 2.45) is 0 Å². The molecule has 2 aromatic carbocycles. The van der Waals surface area contributed by atoms with E-state index in [9.17, 15) is 0 Å². The van der Waals surface area contributed by atoms with Gasteiger partial charge in [-0.3, -0.25) is 0 Å². The molecule has 0 bridgehead atoms. The molecule has 1 saturated carbocycles. The Labute approximate surface area is 174 Å². The lowest BCUT2D eigenvalue weighted by Gasteiger charge is -2.21. The third-order valence-corrected chi connectivity index (χ3v) is 5.56. The maximum Gasteiger partial charge on any atom is 0.171 e. The van der Waals surface area contributed by atoms with Gasteiger partial charge in [0.1, 0.15) is 5.75 Å². The van der Waals surface area contributed by atoms with Gasteiger partial charge in [0, 0.05) is 5.69 Å². The molecule has 28 heavy (non-hydrogen) atoms. The molecule has 1 fully saturated rings. The molecule has 0 aromatic heterocycles. The maximum absolute atomic E-state index is 6.01. The first kappa shape index (κ1) is 20.7. The van der Waals surface area contributed by atoms with Crippen LogP contribution >= 0.6 is 12.2 Å². The number of hydrogen-bond donors (Lipinski definition) is 2. The summed E-state index contributed by atoms with van der Waals surface area (Å²) in [5.74, 6) is 0.934. The molecule has 0 heterocycles. The summed E-state index contributed by atoms with van der Waals surface area (Å²) in [6.07, 6.45) is 5.28. The van der Waals surface area contributed by atoms with Crippen LogP contribution < -0.4 is 15.4 Å². The Balaban J connectivity index is 1.51. The second kappa shape index (κ2) is 8.95. The zero-order valence-corrected chi connectivity index (χ0v) is 18.2. The van der Waals surface area contributed by atoms with Gasteiger partial charge in [0.15, 0.2) is 5.11 Å². The van der Waals surface area contributed by atoms with Crippen molar-refractivity contribution in [3.8, 4) is 5.75 Å². The Morgan fingerprint density at radius 3 is 2.18 bits per heavy atom. The lowest BCUT2D eigenvalue weighted by Crippen LogP contribution is -2.30. The second-order valence-electron chi connectivity index (χ2n) is 8.74. The molecule has 3 nitrogen and oxygen atoms in total. The molecular weight excluding hydrogens is 364 g/mol. The lowest BCUT2D eigenvalue weighted by molar-refractivity contribution is 0.210. The minimum Gasteiger partial charge on any atom is -0.490 e. The number of thiocarbonyl (C=S) groups is 1. The topological polar surface area (TPSA) is 33.3 Å². The van der Waals surface area contributed by atoms with Gasteiger partial charge >= 0.3 is 0 Å². The molecule has 3 rings (SSSR count). The lowest BCUT2D eigenvalue weighted by atomic mass is 9.86. The molecule has 1 aliphatic carbocycles. The summed E-state index contributed by atoms with van der Waals surface area (Å²) in [7, 11) is 0. The van der Waals surface area contributed by atoms with Crippen molar-refractivity contribution in [3.63, 3.8) is 0 Å². The van der Waals surface area contributed by atoms with Gasteiger partial charge in [-0.05, 0) is 85.6 Å². The first-order valence-corrected chi connectivity index (χ1v) is 10.7. The van der Waals surface area contributed by atoms with Gasteiger partial charge in [0.2, 0.25) is 0 Å². The van der Waals surface area contributed by atoms with Crippen molar-refractivity contribution in [1.29, 1.82) is 0 Å². The zero-order valence-electron chi connectivity index (χ0n) is 17.4. The predicted octanol–water partition coefficient (Wildman–Crippen LogP) is 6.35. The summed E-state index contributed by atoms with van der Waals surface area (Å²) in [6.45, 7) is 8.81. The van der Waals surface area contributed by atoms with Crippen LogP contribution in [0.5, 0.6) is 5.75 Å². The molecule has 4 heteroatoms. The van der Waals surface area contributed by atoms with E-state index in [1.807, 2.05) is 24.3 Å². The molecule has 0 radical (unpaired) electrons. The third-order valence-electron chi connectivity index (χ3n) is 5.34. The Bertz CT molecular complexity index is 772. The van der Waals surface area contributed by atoms with Gasteiger partial charge < -0.3 is 15.4 Å². The van der Waals surface area contributed by atoms with Crippen LogP contribution in [0, 0.1) is 0 Å². The quantitative estimate of drug-likeness (QED) is 0.577. The molecule has 0 saturated heterocycles. The van der Waals surface area contributed by atoms with Gasteiger partial charge in [-0.1, -0.05) is 45.0 Å². The Morgan fingerprint density at radius 2 is 1.61 bits per heavy atom. The highest BCUT2D eigenvalue weighted by atomic mass is 32.1. The van der Waals surface area contributed by atoms with E-state index in [4.69, 9.17) is 17.0 Å². The highest BCUT2D eigenvalue weighted by molar-refractivity contribution is 7.80. The van der Waals surface area contributed by atoms with Crippen molar-refractivity contribution in [3.05, 3.63) is 59.7 Å². The van der Waals surface area contributed by atoms with E-state index >= 15 is 0 Å². The number of nitrogens with one attached hydrogen (secondary N) is 2. The summed E-state index contributed by atoms with van der Waals surface area (Å²) in [4.78, 5) is 0. The SMILES string of the molecule is CC(NC(=S)Nc1ccc(OC2CCCC2)cc1)c1ccc(C(C)(C)C)cc1. The smallest absolute Gasteiger partial charge is 0.171 e. The van der Waals surface area contributed by atoms with Crippen LogP contribution in [0.25, 0.3) is 0 Å². The minimum atomic E-state index is 0.138. The molecule has 1 atom stereocenters. The van der Waals surface area contributed by atoms with Crippen molar-refractivity contribution in [2.45, 2.75) is 70.9 Å². The summed E-state index contributed by atoms with van der Waals surface area (Å²) < 4.78 is 6.01. The molecule has 0 amide bonds. The first-order valence-electron chi connectivity index (χ1n) is 10.3. The molecule has 2 aromatic rings. The first-order chi connectivity index (χ1) is 13.3. The predicted molar refractivity (Wildman–Crippen MR) is 122 cm³/mol. The van der Waals surface area contributed by atoms with Gasteiger partial charge in [-0.15, -0.1) is 0 Å². The van der Waals surface area contributed by atoms with E-state index in [2.05, 4.69) is 62.6 Å². The van der Waals surface area contributed by atoms with Crippen LogP contribution in [0.15, 0.2) is 48.5 Å². The summed E-state index contributed by atoms with van der Waals surface area (Å²) in [5, 5.41) is 7.25. The van der Waals surface area contributed by atoms with Crippen LogP contribution in [0.2, 0.25) is 0 Å². The van der Waals surface area contributed by atoms with Crippen LogP contribution in [0.4, 0.5) is 5.69 Å². The van der Waals surface area contributed by atoms with Crippen LogP contribution in [-0.2, 0) is 5.41 Å². The fourth-order valence-corrected chi connectivity index (χ4v) is 3.83. The number of hydrogen-bond acceptors (Lipinski definition) is 2. The van der Waals surface area contributed by atoms with E-state index in [-0.39, 0.29) is 11.5 Å². The second-order valence-corrected chi connectivity index (χ2v) is 9.15. The number of anilines is 1.